The van der Waals surface area contributed by atoms with Crippen LogP contribution in [0.15, 0.2) is 77.8 Å². The monoisotopic (exact) mass is 724 g/mol. The molecule has 2 aliphatic heterocycles. The highest BCUT2D eigenvalue weighted by atomic mass is 32.2. The molecule has 1 atom stereocenters. The Labute approximate surface area is 306 Å². The predicted octanol–water partition coefficient (Wildman–Crippen LogP) is 5.61. The van der Waals surface area contributed by atoms with Crippen molar-refractivity contribution >= 4 is 33.5 Å². The van der Waals surface area contributed by atoms with Gasteiger partial charge in [0.15, 0.2) is 0 Å². The number of carbonyl (C=O) groups excluding carboxylic acids is 2. The fourth-order valence-electron chi connectivity index (χ4n) is 7.07. The summed E-state index contributed by atoms with van der Waals surface area (Å²) in [5.74, 6) is -0.691. The van der Waals surface area contributed by atoms with E-state index in [2.05, 4.69) is 40.3 Å². The molecule has 1 aromatic heterocycles. The van der Waals surface area contributed by atoms with Gasteiger partial charge in [-0.15, -0.1) is 0 Å². The summed E-state index contributed by atoms with van der Waals surface area (Å²) in [4.78, 5) is 43.8. The maximum absolute atomic E-state index is 14.6. The first-order chi connectivity index (χ1) is 25.2. The normalized spacial score (nSPS) is 15.3. The largest absolute Gasteiger partial charge is 0.394 e. The van der Waals surface area contributed by atoms with Crippen LogP contribution in [0.1, 0.15) is 83.9 Å². The summed E-state index contributed by atoms with van der Waals surface area (Å²) in [5.41, 5.74) is 5.13. The van der Waals surface area contributed by atoms with Crippen LogP contribution < -0.4 is 14.5 Å². The number of fused-ring (bicyclic) bond motifs is 2. The minimum Gasteiger partial charge on any atom is -0.394 e. The molecule has 0 fully saturated rings. The van der Waals surface area contributed by atoms with Crippen molar-refractivity contribution in [3.8, 4) is 11.3 Å². The summed E-state index contributed by atoms with van der Waals surface area (Å²) in [6.45, 7) is 9.59. The number of aliphatic hydroxyl groups excluding tert-OH is 1. The van der Waals surface area contributed by atoms with E-state index in [9.17, 15) is 23.1 Å². The van der Waals surface area contributed by atoms with Crippen molar-refractivity contribution in [2.75, 3.05) is 42.6 Å². The van der Waals surface area contributed by atoms with Gasteiger partial charge in [0, 0.05) is 61.3 Å². The van der Waals surface area contributed by atoms with Gasteiger partial charge in [-0.05, 0) is 85.7 Å². The molecule has 274 valence electrons. The number of amides is 2. The number of benzene rings is 3. The number of hydrogen-bond acceptors (Lipinski definition) is 9. The van der Waals surface area contributed by atoms with Crippen molar-refractivity contribution in [1.29, 1.82) is 0 Å². The summed E-state index contributed by atoms with van der Waals surface area (Å²) in [6, 6.07) is 18.6. The lowest BCUT2D eigenvalue weighted by Crippen LogP contribution is -2.46. The first-order valence-corrected chi connectivity index (χ1v) is 19.8. The third-order valence-corrected chi connectivity index (χ3v) is 11.4. The van der Waals surface area contributed by atoms with Gasteiger partial charge in [-0.3, -0.25) is 9.59 Å². The number of nitrogens with zero attached hydrogens (tertiary/aromatic N) is 5. The van der Waals surface area contributed by atoms with Crippen LogP contribution in [0, 0.1) is 0 Å². The zero-order valence-corrected chi connectivity index (χ0v) is 31.0. The fourth-order valence-corrected chi connectivity index (χ4v) is 8.10. The van der Waals surface area contributed by atoms with Gasteiger partial charge in [-0.1, -0.05) is 57.0 Å². The lowest BCUT2D eigenvalue weighted by atomic mass is 9.92. The Morgan fingerprint density at radius 2 is 1.69 bits per heavy atom. The standard InChI is InChI=1S/C40H48N6O5S/c1-4-7-20-45(21-8-5-2)40-41-19-17-36(42-40)34-15-13-30(25-35(34)39(49)46-26-31-12-10-9-11-28(31)23-32(46)27-47)38(48)43-52(50,51)33-14-16-37-29(24-33)18-22-44(37)6-3/h9-17,19,24-25,32,47H,4-8,18,20-23,26-27H2,1-3H3,(H,43,48). The van der Waals surface area contributed by atoms with Crippen LogP contribution in [-0.2, 0) is 29.4 Å². The Balaban J connectivity index is 1.37. The molecule has 6 rings (SSSR count). The second-order valence-electron chi connectivity index (χ2n) is 13.5. The van der Waals surface area contributed by atoms with Crippen LogP contribution in [0.5, 0.6) is 0 Å². The Kier molecular flexibility index (Phi) is 11.6. The van der Waals surface area contributed by atoms with E-state index in [0.29, 0.717) is 23.6 Å². The molecule has 2 amide bonds. The second-order valence-corrected chi connectivity index (χ2v) is 15.2. The molecule has 52 heavy (non-hydrogen) atoms. The SMILES string of the molecule is CCCCN(CCCC)c1nccc(-c2ccc(C(=O)NS(=O)(=O)c3ccc4c(c3)CCN4CC)cc2C(=O)N2Cc3ccccc3CC2CO)n1. The molecule has 2 aliphatic rings. The van der Waals surface area contributed by atoms with Crippen molar-refractivity contribution in [2.45, 2.75) is 76.8 Å². The lowest BCUT2D eigenvalue weighted by Gasteiger charge is -2.36. The zero-order chi connectivity index (χ0) is 36.8. The fraction of sp³-hybridized carbons (Fsp3) is 0.400. The first kappa shape index (κ1) is 37.0. The quantitative estimate of drug-likeness (QED) is 0.170. The summed E-state index contributed by atoms with van der Waals surface area (Å²) in [5, 5.41) is 10.4. The number of rotatable bonds is 14. The molecule has 3 heterocycles. The van der Waals surface area contributed by atoms with Crippen LogP contribution in [0.25, 0.3) is 11.3 Å². The van der Waals surface area contributed by atoms with Gasteiger partial charge >= 0.3 is 0 Å². The van der Waals surface area contributed by atoms with E-state index in [1.807, 2.05) is 24.3 Å². The molecular weight excluding hydrogens is 677 g/mol. The molecule has 0 bridgehead atoms. The van der Waals surface area contributed by atoms with Gasteiger partial charge in [0.2, 0.25) is 5.95 Å². The van der Waals surface area contributed by atoms with E-state index in [4.69, 9.17) is 4.98 Å². The van der Waals surface area contributed by atoms with Crippen LogP contribution in [0.2, 0.25) is 0 Å². The van der Waals surface area contributed by atoms with Crippen molar-refractivity contribution in [3.63, 3.8) is 0 Å². The van der Waals surface area contributed by atoms with Crippen molar-refractivity contribution in [3.05, 3.63) is 101 Å². The molecule has 3 aromatic carbocycles. The molecule has 11 nitrogen and oxygen atoms in total. The van der Waals surface area contributed by atoms with Crippen molar-refractivity contribution in [2.24, 2.45) is 0 Å². The van der Waals surface area contributed by atoms with E-state index < -0.39 is 27.9 Å². The Hall–Kier alpha value is -4.81. The van der Waals surface area contributed by atoms with Crippen LogP contribution in [0.3, 0.4) is 0 Å². The molecule has 2 N–H and O–H groups in total. The van der Waals surface area contributed by atoms with E-state index in [0.717, 1.165) is 80.7 Å². The Morgan fingerprint density at radius 3 is 2.40 bits per heavy atom. The summed E-state index contributed by atoms with van der Waals surface area (Å²) < 4.78 is 29.2. The van der Waals surface area contributed by atoms with Gasteiger partial charge in [0.25, 0.3) is 21.8 Å². The smallest absolute Gasteiger partial charge is 0.265 e. The second kappa shape index (κ2) is 16.2. The minimum absolute atomic E-state index is 0.00691. The van der Waals surface area contributed by atoms with E-state index in [1.54, 1.807) is 35.4 Å². The van der Waals surface area contributed by atoms with Gasteiger partial charge in [0.1, 0.15) is 0 Å². The zero-order valence-electron chi connectivity index (χ0n) is 30.2. The molecule has 0 saturated carbocycles. The molecule has 4 aromatic rings. The minimum atomic E-state index is -4.22. The highest BCUT2D eigenvalue weighted by molar-refractivity contribution is 7.90. The number of carbonyl (C=O) groups is 2. The molecule has 1 unspecified atom stereocenters. The summed E-state index contributed by atoms with van der Waals surface area (Å²) in [6.07, 6.45) is 6.89. The average molecular weight is 725 g/mol. The third-order valence-electron chi connectivity index (χ3n) is 10.1. The number of aromatic nitrogens is 2. The van der Waals surface area contributed by atoms with Crippen molar-refractivity contribution < 1.29 is 23.1 Å². The highest BCUT2D eigenvalue weighted by Crippen LogP contribution is 2.32. The molecule has 0 spiro atoms. The van der Waals surface area contributed by atoms with E-state index in [1.165, 1.54) is 18.2 Å². The number of anilines is 2. The number of sulfonamides is 1. The molecular formula is C40H48N6O5S. The van der Waals surface area contributed by atoms with Gasteiger partial charge < -0.3 is 19.8 Å². The number of nitrogens with one attached hydrogen (secondary N) is 1. The average Bonchev–Trinajstić information content (AvgIpc) is 3.59. The third kappa shape index (κ3) is 7.83. The maximum atomic E-state index is 14.6. The maximum Gasteiger partial charge on any atom is 0.265 e. The molecule has 0 saturated heterocycles. The Bertz CT molecular complexity index is 2030. The van der Waals surface area contributed by atoms with Gasteiger partial charge in [-0.2, -0.15) is 0 Å². The van der Waals surface area contributed by atoms with Gasteiger partial charge in [0.05, 0.1) is 23.2 Å². The van der Waals surface area contributed by atoms with Crippen molar-refractivity contribution in [1.82, 2.24) is 19.6 Å². The summed E-state index contributed by atoms with van der Waals surface area (Å²) >= 11 is 0. The number of hydrogen-bond donors (Lipinski definition) is 2. The topological polar surface area (TPSA) is 136 Å². The highest BCUT2D eigenvalue weighted by Gasteiger charge is 2.32. The number of likely N-dealkylation sites (N-methyl/N-ethyl adjacent to an activating group) is 1. The Morgan fingerprint density at radius 1 is 0.942 bits per heavy atom. The van der Waals surface area contributed by atoms with E-state index in [-0.39, 0.29) is 29.2 Å². The van der Waals surface area contributed by atoms with Crippen LogP contribution in [0.4, 0.5) is 11.6 Å². The van der Waals surface area contributed by atoms with E-state index >= 15 is 0 Å². The van der Waals surface area contributed by atoms with Crippen LogP contribution in [-0.4, -0.2) is 79.0 Å². The lowest BCUT2D eigenvalue weighted by molar-refractivity contribution is 0.0545. The molecule has 0 aliphatic carbocycles. The molecule has 0 radical (unpaired) electrons. The number of aliphatic hydroxyl groups is 1. The van der Waals surface area contributed by atoms with Gasteiger partial charge in [-0.25, -0.2) is 23.1 Å². The van der Waals surface area contributed by atoms with Crippen LogP contribution >= 0.6 is 0 Å². The number of unbranched alkanes of at least 4 members (excludes halogenated alkanes) is 2. The predicted molar refractivity (Wildman–Crippen MR) is 203 cm³/mol. The first-order valence-electron chi connectivity index (χ1n) is 18.3. The molecule has 12 heteroatoms. The summed E-state index contributed by atoms with van der Waals surface area (Å²) in [7, 11) is -4.22.